The van der Waals surface area contributed by atoms with Gasteiger partial charge in [-0.2, -0.15) is 5.26 Å². The summed E-state index contributed by atoms with van der Waals surface area (Å²) in [6, 6.07) is 10.3. The summed E-state index contributed by atoms with van der Waals surface area (Å²) in [5.41, 5.74) is 2.55. The Morgan fingerprint density at radius 3 is 2.33 bits per heavy atom. The fraction of sp³-hybridized carbons (Fsp3) is 0.615. The van der Waals surface area contributed by atoms with Crippen LogP contribution in [-0.4, -0.2) is 11.9 Å². The van der Waals surface area contributed by atoms with Crippen molar-refractivity contribution in [1.82, 2.24) is 5.32 Å². The first-order valence-electron chi connectivity index (χ1n) is 11.7. The summed E-state index contributed by atoms with van der Waals surface area (Å²) in [5, 5.41) is 16.1. The van der Waals surface area contributed by atoms with Crippen molar-refractivity contribution in [1.29, 1.82) is 5.26 Å². The highest BCUT2D eigenvalue weighted by atomic mass is 16.1. The zero-order valence-corrected chi connectivity index (χ0v) is 18.6. The summed E-state index contributed by atoms with van der Waals surface area (Å²) in [4.78, 5) is 12.9. The molecule has 30 heavy (non-hydrogen) atoms. The van der Waals surface area contributed by atoms with Crippen LogP contribution in [0.15, 0.2) is 36.0 Å². The molecule has 160 valence electrons. The highest BCUT2D eigenvalue weighted by molar-refractivity contribution is 5.97. The third kappa shape index (κ3) is 4.00. The molecule has 4 heteroatoms. The molecule has 4 saturated carbocycles. The van der Waals surface area contributed by atoms with Crippen LogP contribution in [0.2, 0.25) is 0 Å². The predicted molar refractivity (Wildman–Crippen MR) is 121 cm³/mol. The normalized spacial score (nSPS) is 31.7. The van der Waals surface area contributed by atoms with Gasteiger partial charge in [-0.1, -0.05) is 32.0 Å². The third-order valence-electron chi connectivity index (χ3n) is 8.19. The van der Waals surface area contributed by atoms with E-state index in [1.54, 1.807) is 6.20 Å². The van der Waals surface area contributed by atoms with Crippen molar-refractivity contribution in [3.63, 3.8) is 0 Å². The predicted octanol–water partition coefficient (Wildman–Crippen LogP) is 5.74. The molecule has 2 atom stereocenters. The zero-order valence-electron chi connectivity index (χ0n) is 18.6. The van der Waals surface area contributed by atoms with Crippen LogP contribution in [0.4, 0.5) is 5.69 Å². The molecule has 4 aliphatic rings. The summed E-state index contributed by atoms with van der Waals surface area (Å²) in [6.07, 6.45) is 10.5. The Bertz CT molecular complexity index is 830. The molecule has 2 N–H and O–H groups in total. The first-order chi connectivity index (χ1) is 14.4. The van der Waals surface area contributed by atoms with Crippen molar-refractivity contribution in [3.8, 4) is 6.07 Å². The minimum Gasteiger partial charge on any atom is -0.360 e. The van der Waals surface area contributed by atoms with E-state index in [0.717, 1.165) is 29.9 Å². The van der Waals surface area contributed by atoms with Crippen molar-refractivity contribution >= 4 is 11.6 Å². The lowest BCUT2D eigenvalue weighted by atomic mass is 9.48. The minimum atomic E-state index is -0.255. The molecule has 0 saturated heterocycles. The molecule has 1 aromatic rings. The lowest BCUT2D eigenvalue weighted by Gasteiger charge is -2.59. The molecule has 4 aliphatic carbocycles. The highest BCUT2D eigenvalue weighted by Gasteiger charge is 2.53. The zero-order chi connectivity index (χ0) is 21.3. The standard InChI is InChI=1S/C26H35N3O/c1-4-17(2)23-7-5-6-8-24(23)28-16-22(15-27)25(30)29-18(3)26-12-19-9-20(13-26)11-21(10-19)14-26/h5-8,16-21,28H,4,9-14H2,1-3H3,(H,29,30)/b22-16-. The molecule has 5 rings (SSSR count). The second-order valence-electron chi connectivity index (χ2n) is 10.2. The van der Waals surface area contributed by atoms with E-state index < -0.39 is 0 Å². The Balaban J connectivity index is 1.44. The number of benzene rings is 1. The number of carbonyl (C=O) groups excluding carboxylic acids is 1. The van der Waals surface area contributed by atoms with Gasteiger partial charge in [-0.3, -0.25) is 4.79 Å². The SMILES string of the molecule is CCC(C)c1ccccc1N/C=C(/C#N)C(=O)NC(C)C12CC3CC(CC(C3)C1)C2. The van der Waals surface area contributed by atoms with Crippen molar-refractivity contribution < 1.29 is 4.79 Å². The lowest BCUT2D eigenvalue weighted by molar-refractivity contribution is -0.122. The molecule has 1 amide bonds. The van der Waals surface area contributed by atoms with Gasteiger partial charge in [0.15, 0.2) is 0 Å². The molecule has 4 bridgehead atoms. The monoisotopic (exact) mass is 405 g/mol. The number of hydrogen-bond acceptors (Lipinski definition) is 3. The van der Waals surface area contributed by atoms with E-state index in [2.05, 4.69) is 43.5 Å². The van der Waals surface area contributed by atoms with Crippen LogP contribution >= 0.6 is 0 Å². The average molecular weight is 406 g/mol. The molecule has 0 heterocycles. The van der Waals surface area contributed by atoms with E-state index in [9.17, 15) is 10.1 Å². The summed E-state index contributed by atoms with van der Waals surface area (Å²) < 4.78 is 0. The van der Waals surface area contributed by atoms with Gasteiger partial charge in [-0.05, 0) is 92.6 Å². The molecule has 4 nitrogen and oxygen atoms in total. The number of nitrogens with one attached hydrogen (secondary N) is 2. The molecule has 0 aromatic heterocycles. The number of hydrogen-bond donors (Lipinski definition) is 2. The number of para-hydroxylation sites is 1. The van der Waals surface area contributed by atoms with E-state index in [-0.39, 0.29) is 22.9 Å². The second-order valence-corrected chi connectivity index (χ2v) is 10.2. The van der Waals surface area contributed by atoms with Gasteiger partial charge >= 0.3 is 0 Å². The van der Waals surface area contributed by atoms with Gasteiger partial charge in [0.2, 0.25) is 0 Å². The van der Waals surface area contributed by atoms with Gasteiger partial charge in [0.05, 0.1) is 0 Å². The van der Waals surface area contributed by atoms with Crippen LogP contribution < -0.4 is 10.6 Å². The molecule has 0 radical (unpaired) electrons. The quantitative estimate of drug-likeness (QED) is 0.449. The number of amides is 1. The molecule has 0 aliphatic heterocycles. The summed E-state index contributed by atoms with van der Waals surface area (Å²) in [6.45, 7) is 6.51. The molecular weight excluding hydrogens is 370 g/mol. The van der Waals surface area contributed by atoms with Crippen LogP contribution in [-0.2, 0) is 4.79 Å². The number of rotatable bonds is 7. The first kappa shape index (κ1) is 21.0. The number of carbonyl (C=O) groups is 1. The van der Waals surface area contributed by atoms with Crippen LogP contribution in [0, 0.1) is 34.5 Å². The summed E-state index contributed by atoms with van der Waals surface area (Å²) in [7, 11) is 0. The molecule has 4 fully saturated rings. The van der Waals surface area contributed by atoms with Crippen molar-refractivity contribution in [2.75, 3.05) is 5.32 Å². The van der Waals surface area contributed by atoms with E-state index in [1.807, 2.05) is 18.2 Å². The molecule has 2 unspecified atom stereocenters. The molecular formula is C26H35N3O. The van der Waals surface area contributed by atoms with E-state index >= 15 is 0 Å². The Labute approximate surface area is 181 Å². The maximum Gasteiger partial charge on any atom is 0.263 e. The summed E-state index contributed by atoms with van der Waals surface area (Å²) >= 11 is 0. The fourth-order valence-corrected chi connectivity index (χ4v) is 6.71. The topological polar surface area (TPSA) is 64.9 Å². The first-order valence-corrected chi connectivity index (χ1v) is 11.7. The van der Waals surface area contributed by atoms with Crippen molar-refractivity contribution in [2.24, 2.45) is 23.2 Å². The van der Waals surface area contributed by atoms with Crippen LogP contribution in [0.5, 0.6) is 0 Å². The Kier molecular flexibility index (Phi) is 5.91. The highest BCUT2D eigenvalue weighted by Crippen LogP contribution is 2.61. The van der Waals surface area contributed by atoms with Crippen LogP contribution in [0.3, 0.4) is 0 Å². The Morgan fingerprint density at radius 1 is 1.17 bits per heavy atom. The molecule has 1 aromatic carbocycles. The van der Waals surface area contributed by atoms with Crippen LogP contribution in [0.25, 0.3) is 0 Å². The van der Waals surface area contributed by atoms with E-state index in [1.165, 1.54) is 44.1 Å². The Hall–Kier alpha value is -2.28. The molecule has 0 spiro atoms. The number of nitriles is 1. The minimum absolute atomic E-state index is 0.113. The van der Waals surface area contributed by atoms with Gasteiger partial charge in [0, 0.05) is 17.9 Å². The lowest BCUT2D eigenvalue weighted by Crippen LogP contribution is -2.56. The smallest absolute Gasteiger partial charge is 0.263 e. The van der Waals surface area contributed by atoms with E-state index in [0.29, 0.717) is 5.92 Å². The Morgan fingerprint density at radius 2 is 1.77 bits per heavy atom. The van der Waals surface area contributed by atoms with Crippen molar-refractivity contribution in [2.45, 2.75) is 77.7 Å². The number of nitrogens with zero attached hydrogens (tertiary/aromatic N) is 1. The maximum atomic E-state index is 12.9. The van der Waals surface area contributed by atoms with Crippen molar-refractivity contribution in [3.05, 3.63) is 41.6 Å². The van der Waals surface area contributed by atoms with Gasteiger partial charge in [-0.15, -0.1) is 0 Å². The summed E-state index contributed by atoms with van der Waals surface area (Å²) in [5.74, 6) is 2.70. The van der Waals surface area contributed by atoms with Gasteiger partial charge in [-0.25, -0.2) is 0 Å². The number of anilines is 1. The van der Waals surface area contributed by atoms with Gasteiger partial charge in [0.25, 0.3) is 5.91 Å². The fourth-order valence-electron chi connectivity index (χ4n) is 6.71. The maximum absolute atomic E-state index is 12.9. The average Bonchev–Trinajstić information content (AvgIpc) is 2.73. The van der Waals surface area contributed by atoms with E-state index in [4.69, 9.17) is 0 Å². The third-order valence-corrected chi connectivity index (χ3v) is 8.19. The van der Waals surface area contributed by atoms with Gasteiger partial charge < -0.3 is 10.6 Å². The van der Waals surface area contributed by atoms with Crippen LogP contribution in [0.1, 0.15) is 77.2 Å². The van der Waals surface area contributed by atoms with Gasteiger partial charge in [0.1, 0.15) is 11.6 Å². The largest absolute Gasteiger partial charge is 0.360 e. The second kappa shape index (κ2) is 8.46.